The van der Waals surface area contributed by atoms with E-state index in [4.69, 9.17) is 39.1 Å². The quantitative estimate of drug-likeness (QED) is 0.674. The molecule has 1 N–H and O–H groups in total. The Labute approximate surface area is 152 Å². The summed E-state index contributed by atoms with van der Waals surface area (Å²) in [5.41, 5.74) is 3.06. The van der Waals surface area contributed by atoms with Gasteiger partial charge in [-0.15, -0.1) is 6.42 Å². The predicted molar refractivity (Wildman–Crippen MR) is 100 cm³/mol. The lowest BCUT2D eigenvalue weighted by atomic mass is 10.1. The Bertz CT molecular complexity index is 754. The molecular weight excluding hydrogens is 345 g/mol. The lowest BCUT2D eigenvalue weighted by Crippen LogP contribution is -2.04. The van der Waals surface area contributed by atoms with Crippen LogP contribution in [0, 0.1) is 19.3 Å². The third-order valence-corrected chi connectivity index (χ3v) is 3.87. The molecule has 0 saturated heterocycles. The number of benzene rings is 2. The zero-order valence-electron chi connectivity index (χ0n) is 13.7. The van der Waals surface area contributed by atoms with Crippen molar-refractivity contribution in [1.29, 1.82) is 0 Å². The first-order valence-corrected chi connectivity index (χ1v) is 8.32. The van der Waals surface area contributed by atoms with Crippen molar-refractivity contribution in [2.75, 3.05) is 18.5 Å². The molecule has 0 heterocycles. The Morgan fingerprint density at radius 1 is 1.17 bits per heavy atom. The number of hydrogen-bond acceptors (Lipinski definition) is 3. The maximum absolute atomic E-state index is 6.32. The highest BCUT2D eigenvalue weighted by Gasteiger charge is 2.12. The van der Waals surface area contributed by atoms with E-state index in [1.807, 2.05) is 44.2 Å². The zero-order valence-corrected chi connectivity index (χ0v) is 15.2. The fourth-order valence-corrected chi connectivity index (χ4v) is 2.68. The van der Waals surface area contributed by atoms with Gasteiger partial charge in [0.1, 0.15) is 6.61 Å². The summed E-state index contributed by atoms with van der Waals surface area (Å²) in [7, 11) is 0. The molecule has 0 aliphatic carbocycles. The summed E-state index contributed by atoms with van der Waals surface area (Å²) in [5, 5.41) is 4.51. The Morgan fingerprint density at radius 2 is 1.96 bits per heavy atom. The summed E-state index contributed by atoms with van der Waals surface area (Å²) in [4.78, 5) is 0. The first-order valence-electron chi connectivity index (χ1n) is 7.56. The van der Waals surface area contributed by atoms with Gasteiger partial charge in [0, 0.05) is 17.3 Å². The Kier molecular flexibility index (Phi) is 6.66. The predicted octanol–water partition coefficient (Wildman–Crippen LogP) is 5.32. The molecular formula is C19H19Cl2NO2. The van der Waals surface area contributed by atoms with Crippen LogP contribution >= 0.6 is 23.2 Å². The van der Waals surface area contributed by atoms with Gasteiger partial charge >= 0.3 is 0 Å². The van der Waals surface area contributed by atoms with E-state index in [0.717, 1.165) is 16.8 Å². The van der Waals surface area contributed by atoms with Crippen LogP contribution in [0.3, 0.4) is 0 Å². The van der Waals surface area contributed by atoms with E-state index in [9.17, 15) is 0 Å². The molecule has 2 aromatic rings. The van der Waals surface area contributed by atoms with Crippen LogP contribution in [-0.4, -0.2) is 13.2 Å². The molecule has 0 amide bonds. The molecule has 0 spiro atoms. The van der Waals surface area contributed by atoms with Crippen molar-refractivity contribution in [2.45, 2.75) is 20.4 Å². The number of aryl methyl sites for hydroxylation is 1. The van der Waals surface area contributed by atoms with Gasteiger partial charge in [0.05, 0.1) is 11.6 Å². The van der Waals surface area contributed by atoms with Crippen LogP contribution in [0.5, 0.6) is 11.5 Å². The average molecular weight is 364 g/mol. The van der Waals surface area contributed by atoms with Crippen molar-refractivity contribution in [3.8, 4) is 23.8 Å². The molecule has 0 radical (unpaired) electrons. The molecule has 2 aromatic carbocycles. The van der Waals surface area contributed by atoms with Gasteiger partial charge in [-0.05, 0) is 49.2 Å². The van der Waals surface area contributed by atoms with Gasteiger partial charge in [-0.25, -0.2) is 0 Å². The van der Waals surface area contributed by atoms with E-state index in [0.29, 0.717) is 34.7 Å². The fourth-order valence-electron chi connectivity index (χ4n) is 2.22. The maximum atomic E-state index is 6.32. The topological polar surface area (TPSA) is 30.5 Å². The van der Waals surface area contributed by atoms with Crippen LogP contribution in [-0.2, 0) is 6.54 Å². The van der Waals surface area contributed by atoms with Crippen molar-refractivity contribution in [1.82, 2.24) is 0 Å². The van der Waals surface area contributed by atoms with Gasteiger partial charge in [-0.2, -0.15) is 0 Å². The monoisotopic (exact) mass is 363 g/mol. The highest BCUT2D eigenvalue weighted by molar-refractivity contribution is 6.32. The van der Waals surface area contributed by atoms with Crippen LogP contribution in [0.25, 0.3) is 0 Å². The van der Waals surface area contributed by atoms with Crippen LogP contribution in [0.15, 0.2) is 30.3 Å². The second-order valence-corrected chi connectivity index (χ2v) is 5.99. The molecule has 0 aliphatic heterocycles. The second kappa shape index (κ2) is 8.73. The first-order chi connectivity index (χ1) is 11.5. The second-order valence-electron chi connectivity index (χ2n) is 5.14. The van der Waals surface area contributed by atoms with Crippen molar-refractivity contribution in [2.24, 2.45) is 0 Å². The molecule has 126 valence electrons. The van der Waals surface area contributed by atoms with Gasteiger partial charge in [-0.3, -0.25) is 0 Å². The summed E-state index contributed by atoms with van der Waals surface area (Å²) in [6, 6.07) is 9.47. The van der Waals surface area contributed by atoms with Crippen LogP contribution < -0.4 is 14.8 Å². The number of halogens is 2. The summed E-state index contributed by atoms with van der Waals surface area (Å²) in [5.74, 6) is 3.48. The number of rotatable bonds is 7. The minimum absolute atomic E-state index is 0.138. The highest BCUT2D eigenvalue weighted by Crippen LogP contribution is 2.37. The standard InChI is InChI=1S/C19H19Cl2NO2/c1-4-8-24-19-16(21)9-14(10-18(19)23-5-2)12-22-17-11-15(20)7-6-13(17)3/h1,6-7,9-11,22H,5,8,12H2,2-3H3. The Hall–Kier alpha value is -2.02. The molecule has 0 bridgehead atoms. The van der Waals surface area contributed by atoms with E-state index in [-0.39, 0.29) is 6.61 Å². The third kappa shape index (κ3) is 4.74. The SMILES string of the molecule is C#CCOc1c(Cl)cc(CNc2cc(Cl)ccc2C)cc1OCC. The number of anilines is 1. The van der Waals surface area contributed by atoms with Gasteiger partial charge in [0.15, 0.2) is 11.5 Å². The van der Waals surface area contributed by atoms with Gasteiger partial charge < -0.3 is 14.8 Å². The van der Waals surface area contributed by atoms with Crippen molar-refractivity contribution in [3.05, 3.63) is 51.5 Å². The van der Waals surface area contributed by atoms with Crippen molar-refractivity contribution in [3.63, 3.8) is 0 Å². The van der Waals surface area contributed by atoms with E-state index < -0.39 is 0 Å². The van der Waals surface area contributed by atoms with Crippen molar-refractivity contribution >= 4 is 28.9 Å². The largest absolute Gasteiger partial charge is 0.490 e. The average Bonchev–Trinajstić information content (AvgIpc) is 2.55. The molecule has 0 aliphatic rings. The fraction of sp³-hybridized carbons (Fsp3) is 0.263. The molecule has 0 aromatic heterocycles. The number of ether oxygens (including phenoxy) is 2. The van der Waals surface area contributed by atoms with Gasteiger partial charge in [0.25, 0.3) is 0 Å². The first kappa shape index (κ1) is 18.3. The Balaban J connectivity index is 2.21. The molecule has 0 fully saturated rings. The Morgan fingerprint density at radius 3 is 2.67 bits per heavy atom. The van der Waals surface area contributed by atoms with Gasteiger partial charge in [0.2, 0.25) is 0 Å². The lowest BCUT2D eigenvalue weighted by molar-refractivity contribution is 0.299. The lowest BCUT2D eigenvalue weighted by Gasteiger charge is -2.15. The van der Waals surface area contributed by atoms with Crippen LogP contribution in [0.1, 0.15) is 18.1 Å². The smallest absolute Gasteiger partial charge is 0.181 e. The maximum Gasteiger partial charge on any atom is 0.181 e. The van der Waals surface area contributed by atoms with Crippen LogP contribution in [0.2, 0.25) is 10.0 Å². The molecule has 0 unspecified atom stereocenters. The van der Waals surface area contributed by atoms with E-state index in [1.54, 1.807) is 0 Å². The highest BCUT2D eigenvalue weighted by atomic mass is 35.5. The van der Waals surface area contributed by atoms with Crippen LogP contribution in [0.4, 0.5) is 5.69 Å². The minimum atomic E-state index is 0.138. The van der Waals surface area contributed by atoms with Crippen molar-refractivity contribution < 1.29 is 9.47 Å². The molecule has 0 atom stereocenters. The summed E-state index contributed by atoms with van der Waals surface area (Å²) < 4.78 is 11.1. The third-order valence-electron chi connectivity index (χ3n) is 3.35. The minimum Gasteiger partial charge on any atom is -0.490 e. The number of nitrogens with one attached hydrogen (secondary N) is 1. The summed E-state index contributed by atoms with van der Waals surface area (Å²) in [6.07, 6.45) is 5.24. The number of hydrogen-bond donors (Lipinski definition) is 1. The normalized spacial score (nSPS) is 10.1. The summed E-state index contributed by atoms with van der Waals surface area (Å²) in [6.45, 7) is 5.15. The van der Waals surface area contributed by atoms with E-state index in [1.165, 1.54) is 0 Å². The van der Waals surface area contributed by atoms with Gasteiger partial charge in [-0.1, -0.05) is 35.2 Å². The molecule has 3 nitrogen and oxygen atoms in total. The number of terminal acetylenes is 1. The zero-order chi connectivity index (χ0) is 17.5. The van der Waals surface area contributed by atoms with E-state index >= 15 is 0 Å². The molecule has 2 rings (SSSR count). The molecule has 24 heavy (non-hydrogen) atoms. The summed E-state index contributed by atoms with van der Waals surface area (Å²) >= 11 is 12.4. The van der Waals surface area contributed by atoms with E-state index in [2.05, 4.69) is 11.2 Å². The molecule has 5 heteroatoms. The molecule has 0 saturated carbocycles.